The Morgan fingerprint density at radius 3 is 2.81 bits per heavy atom. The minimum atomic E-state index is -0.185. The van der Waals surface area contributed by atoms with Gasteiger partial charge in [-0.25, -0.2) is 0 Å². The Kier molecular flexibility index (Phi) is 3.21. The first kappa shape index (κ1) is 13.4. The largest absolute Gasteiger partial charge is 0.323 e. The SMILES string of the molecule is Cc1cc(C)n(CC(=O)N2CC(=O)Nc3ccccc32)n1. The second-order valence-corrected chi connectivity index (χ2v) is 5.13. The van der Waals surface area contributed by atoms with Gasteiger partial charge in [0.05, 0.1) is 17.1 Å². The summed E-state index contributed by atoms with van der Waals surface area (Å²) in [5.74, 6) is -0.334. The molecule has 108 valence electrons. The van der Waals surface area contributed by atoms with Crippen molar-refractivity contribution in [2.45, 2.75) is 20.4 Å². The van der Waals surface area contributed by atoms with E-state index in [1.54, 1.807) is 10.7 Å². The lowest BCUT2D eigenvalue weighted by molar-refractivity contribution is -0.122. The molecule has 1 N–H and O–H groups in total. The summed E-state index contributed by atoms with van der Waals surface area (Å²) in [6.07, 6.45) is 0. The van der Waals surface area contributed by atoms with Crippen LogP contribution in [-0.4, -0.2) is 28.1 Å². The van der Waals surface area contributed by atoms with E-state index in [2.05, 4.69) is 10.4 Å². The molecular weight excluding hydrogens is 268 g/mol. The maximum absolute atomic E-state index is 12.5. The van der Waals surface area contributed by atoms with E-state index in [1.165, 1.54) is 4.90 Å². The van der Waals surface area contributed by atoms with E-state index in [4.69, 9.17) is 0 Å². The highest BCUT2D eigenvalue weighted by atomic mass is 16.2. The molecule has 6 nitrogen and oxygen atoms in total. The molecule has 2 aromatic rings. The van der Waals surface area contributed by atoms with Crippen LogP contribution >= 0.6 is 0 Å². The van der Waals surface area contributed by atoms with E-state index in [-0.39, 0.29) is 24.9 Å². The topological polar surface area (TPSA) is 67.2 Å². The second-order valence-electron chi connectivity index (χ2n) is 5.13. The Morgan fingerprint density at radius 2 is 2.10 bits per heavy atom. The maximum Gasteiger partial charge on any atom is 0.249 e. The number of nitrogens with zero attached hydrogens (tertiary/aromatic N) is 3. The number of nitrogens with one attached hydrogen (secondary N) is 1. The van der Waals surface area contributed by atoms with Crippen LogP contribution in [0.1, 0.15) is 11.4 Å². The Hall–Kier alpha value is -2.63. The molecule has 0 saturated heterocycles. The summed E-state index contributed by atoms with van der Waals surface area (Å²) in [5, 5.41) is 7.06. The third-order valence-corrected chi connectivity index (χ3v) is 3.46. The van der Waals surface area contributed by atoms with Crippen LogP contribution in [-0.2, 0) is 16.1 Å². The molecule has 1 aliphatic heterocycles. The number of fused-ring (bicyclic) bond motifs is 1. The number of rotatable bonds is 2. The van der Waals surface area contributed by atoms with Gasteiger partial charge in [-0.2, -0.15) is 5.10 Å². The molecule has 6 heteroatoms. The van der Waals surface area contributed by atoms with Gasteiger partial charge in [-0.15, -0.1) is 0 Å². The lowest BCUT2D eigenvalue weighted by Crippen LogP contribution is -2.43. The molecule has 0 bridgehead atoms. The van der Waals surface area contributed by atoms with Gasteiger partial charge in [0.1, 0.15) is 13.1 Å². The number of anilines is 2. The number of hydrogen-bond acceptors (Lipinski definition) is 3. The van der Waals surface area contributed by atoms with Crippen molar-refractivity contribution in [3.05, 3.63) is 41.7 Å². The first-order valence-electron chi connectivity index (χ1n) is 6.75. The normalized spacial score (nSPS) is 13.8. The summed E-state index contributed by atoms with van der Waals surface area (Å²) in [7, 11) is 0. The average molecular weight is 284 g/mol. The van der Waals surface area contributed by atoms with E-state index in [0.29, 0.717) is 5.69 Å². The molecule has 1 aromatic carbocycles. The highest BCUT2D eigenvalue weighted by Crippen LogP contribution is 2.29. The van der Waals surface area contributed by atoms with Crippen LogP contribution in [0.25, 0.3) is 0 Å². The van der Waals surface area contributed by atoms with Crippen LogP contribution in [0.2, 0.25) is 0 Å². The minimum Gasteiger partial charge on any atom is -0.323 e. The second kappa shape index (κ2) is 5.05. The van der Waals surface area contributed by atoms with Gasteiger partial charge in [0, 0.05) is 5.69 Å². The Morgan fingerprint density at radius 1 is 1.33 bits per heavy atom. The highest BCUT2D eigenvalue weighted by molar-refractivity contribution is 6.09. The van der Waals surface area contributed by atoms with Crippen molar-refractivity contribution >= 4 is 23.2 Å². The standard InChI is InChI=1S/C15H16N4O2/c1-10-7-11(2)19(17-10)9-15(21)18-8-14(20)16-12-5-3-4-6-13(12)18/h3-7H,8-9H2,1-2H3,(H,16,20). The van der Waals surface area contributed by atoms with Crippen molar-refractivity contribution in [1.82, 2.24) is 9.78 Å². The number of aryl methyl sites for hydroxylation is 2. The molecule has 0 saturated carbocycles. The van der Waals surface area contributed by atoms with E-state index >= 15 is 0 Å². The number of benzene rings is 1. The average Bonchev–Trinajstić information content (AvgIpc) is 2.75. The molecule has 2 amide bonds. The van der Waals surface area contributed by atoms with Gasteiger partial charge in [-0.3, -0.25) is 19.2 Å². The Labute approximate surface area is 122 Å². The summed E-state index contributed by atoms with van der Waals surface area (Å²) in [5.41, 5.74) is 3.19. The number of carbonyl (C=O) groups is 2. The summed E-state index contributed by atoms with van der Waals surface area (Å²) >= 11 is 0. The third-order valence-electron chi connectivity index (χ3n) is 3.46. The quantitative estimate of drug-likeness (QED) is 0.908. The predicted molar refractivity (Wildman–Crippen MR) is 79.1 cm³/mol. The Bertz CT molecular complexity index is 720. The van der Waals surface area contributed by atoms with Gasteiger partial charge in [0.25, 0.3) is 0 Å². The van der Waals surface area contributed by atoms with Crippen molar-refractivity contribution in [3.63, 3.8) is 0 Å². The summed E-state index contributed by atoms with van der Waals surface area (Å²) < 4.78 is 1.66. The molecule has 0 aliphatic carbocycles. The third kappa shape index (κ3) is 2.52. The predicted octanol–water partition coefficient (Wildman–Crippen LogP) is 1.49. The van der Waals surface area contributed by atoms with Crippen molar-refractivity contribution < 1.29 is 9.59 Å². The van der Waals surface area contributed by atoms with E-state index in [9.17, 15) is 9.59 Å². The molecular formula is C15H16N4O2. The van der Waals surface area contributed by atoms with Crippen molar-refractivity contribution in [3.8, 4) is 0 Å². The molecule has 0 unspecified atom stereocenters. The van der Waals surface area contributed by atoms with E-state index < -0.39 is 0 Å². The van der Waals surface area contributed by atoms with Gasteiger partial charge in [-0.05, 0) is 32.0 Å². The molecule has 0 atom stereocenters. The van der Waals surface area contributed by atoms with Crippen LogP contribution in [0.5, 0.6) is 0 Å². The van der Waals surface area contributed by atoms with Gasteiger partial charge < -0.3 is 5.32 Å². The number of carbonyl (C=O) groups excluding carboxylic acids is 2. The fraction of sp³-hybridized carbons (Fsp3) is 0.267. The molecule has 2 heterocycles. The molecule has 3 rings (SSSR count). The van der Waals surface area contributed by atoms with Crippen molar-refractivity contribution in [1.29, 1.82) is 0 Å². The molecule has 0 radical (unpaired) electrons. The first-order valence-corrected chi connectivity index (χ1v) is 6.75. The smallest absolute Gasteiger partial charge is 0.249 e. The lowest BCUT2D eigenvalue weighted by atomic mass is 10.2. The highest BCUT2D eigenvalue weighted by Gasteiger charge is 2.26. The van der Waals surface area contributed by atoms with Crippen LogP contribution in [0.4, 0.5) is 11.4 Å². The summed E-state index contributed by atoms with van der Waals surface area (Å²) in [6.45, 7) is 3.96. The van der Waals surface area contributed by atoms with Crippen molar-refractivity contribution in [2.24, 2.45) is 0 Å². The van der Waals surface area contributed by atoms with Gasteiger partial charge in [0.15, 0.2) is 0 Å². The molecule has 1 aliphatic rings. The number of aromatic nitrogens is 2. The van der Waals surface area contributed by atoms with Crippen LogP contribution in [0.3, 0.4) is 0 Å². The molecule has 0 fully saturated rings. The van der Waals surface area contributed by atoms with Crippen LogP contribution in [0.15, 0.2) is 30.3 Å². The first-order chi connectivity index (χ1) is 10.0. The fourth-order valence-corrected chi connectivity index (χ4v) is 2.50. The zero-order valence-electron chi connectivity index (χ0n) is 12.0. The number of amides is 2. The molecule has 21 heavy (non-hydrogen) atoms. The zero-order chi connectivity index (χ0) is 15.0. The molecule has 0 spiro atoms. The number of para-hydroxylation sites is 2. The van der Waals surface area contributed by atoms with Crippen molar-refractivity contribution in [2.75, 3.05) is 16.8 Å². The van der Waals surface area contributed by atoms with Gasteiger partial charge in [0.2, 0.25) is 11.8 Å². The van der Waals surface area contributed by atoms with Crippen LogP contribution in [0, 0.1) is 13.8 Å². The summed E-state index contributed by atoms with van der Waals surface area (Å²) in [4.78, 5) is 25.8. The molecule has 1 aromatic heterocycles. The zero-order valence-corrected chi connectivity index (χ0v) is 12.0. The number of hydrogen-bond donors (Lipinski definition) is 1. The van der Waals surface area contributed by atoms with Gasteiger partial charge in [-0.1, -0.05) is 12.1 Å². The fourth-order valence-electron chi connectivity index (χ4n) is 2.50. The summed E-state index contributed by atoms with van der Waals surface area (Å²) in [6, 6.07) is 9.21. The minimum absolute atomic E-state index is 0.0369. The maximum atomic E-state index is 12.5. The monoisotopic (exact) mass is 284 g/mol. The van der Waals surface area contributed by atoms with Gasteiger partial charge >= 0.3 is 0 Å². The van der Waals surface area contributed by atoms with Crippen LogP contribution < -0.4 is 10.2 Å². The Balaban J connectivity index is 1.88. The van der Waals surface area contributed by atoms with E-state index in [0.717, 1.165) is 17.1 Å². The lowest BCUT2D eigenvalue weighted by Gasteiger charge is -2.29. The van der Waals surface area contributed by atoms with E-state index in [1.807, 2.05) is 38.1 Å².